The lowest BCUT2D eigenvalue weighted by molar-refractivity contribution is -0.122. The van der Waals surface area contributed by atoms with Crippen molar-refractivity contribution >= 4 is 11.8 Å². The van der Waals surface area contributed by atoms with Gasteiger partial charge in [0.2, 0.25) is 5.91 Å². The standard InChI is InChI=1S/C16H15FN2O3/c1-18-16(22)14(10-5-3-2-4-6-10)19-15(21)11-7-8-12(17)13(20)9-11/h2-9,14,20H,1H3,(H,18,22)(H,19,21)/t14-/m1/s1. The molecule has 0 heterocycles. The first-order valence-electron chi connectivity index (χ1n) is 6.59. The summed E-state index contributed by atoms with van der Waals surface area (Å²) in [4.78, 5) is 24.2. The molecule has 0 unspecified atom stereocenters. The molecule has 0 spiro atoms. The minimum atomic E-state index is -0.883. The molecule has 114 valence electrons. The zero-order chi connectivity index (χ0) is 16.1. The van der Waals surface area contributed by atoms with Crippen molar-refractivity contribution < 1.29 is 19.1 Å². The Morgan fingerprint density at radius 1 is 1.14 bits per heavy atom. The highest BCUT2D eigenvalue weighted by Gasteiger charge is 2.22. The average molecular weight is 302 g/mol. The molecule has 0 fully saturated rings. The summed E-state index contributed by atoms with van der Waals surface area (Å²) in [5.74, 6) is -2.41. The van der Waals surface area contributed by atoms with E-state index in [0.717, 1.165) is 12.1 Å². The predicted molar refractivity (Wildman–Crippen MR) is 78.8 cm³/mol. The topological polar surface area (TPSA) is 78.4 Å². The highest BCUT2D eigenvalue weighted by Crippen LogP contribution is 2.18. The fourth-order valence-corrected chi connectivity index (χ4v) is 1.96. The van der Waals surface area contributed by atoms with Crippen LogP contribution in [0.1, 0.15) is 22.0 Å². The summed E-state index contributed by atoms with van der Waals surface area (Å²) in [5.41, 5.74) is 0.672. The van der Waals surface area contributed by atoms with Gasteiger partial charge in [0.05, 0.1) is 0 Å². The maximum Gasteiger partial charge on any atom is 0.252 e. The molecule has 0 saturated carbocycles. The third kappa shape index (κ3) is 3.41. The van der Waals surface area contributed by atoms with E-state index in [2.05, 4.69) is 10.6 Å². The largest absolute Gasteiger partial charge is 0.505 e. The van der Waals surface area contributed by atoms with Crippen molar-refractivity contribution in [2.75, 3.05) is 7.05 Å². The quantitative estimate of drug-likeness (QED) is 0.805. The van der Waals surface area contributed by atoms with Crippen LogP contribution in [0.3, 0.4) is 0 Å². The molecule has 2 rings (SSSR count). The van der Waals surface area contributed by atoms with E-state index in [1.807, 2.05) is 0 Å². The maximum absolute atomic E-state index is 13.0. The predicted octanol–water partition coefficient (Wildman–Crippen LogP) is 1.75. The van der Waals surface area contributed by atoms with Gasteiger partial charge in [0.15, 0.2) is 11.6 Å². The number of rotatable bonds is 4. The summed E-state index contributed by atoms with van der Waals surface area (Å²) in [6.07, 6.45) is 0. The number of amides is 2. The third-order valence-electron chi connectivity index (χ3n) is 3.13. The molecule has 0 aliphatic rings. The zero-order valence-corrected chi connectivity index (χ0v) is 11.8. The van der Waals surface area contributed by atoms with Gasteiger partial charge in [-0.2, -0.15) is 0 Å². The first-order valence-corrected chi connectivity index (χ1v) is 6.59. The van der Waals surface area contributed by atoms with E-state index in [0.29, 0.717) is 5.56 Å². The second-order valence-electron chi connectivity index (χ2n) is 4.60. The second kappa shape index (κ2) is 6.71. The summed E-state index contributed by atoms with van der Waals surface area (Å²) < 4.78 is 13.0. The molecule has 1 atom stereocenters. The smallest absolute Gasteiger partial charge is 0.252 e. The van der Waals surface area contributed by atoms with E-state index in [1.54, 1.807) is 30.3 Å². The number of nitrogens with one attached hydrogen (secondary N) is 2. The Balaban J connectivity index is 2.25. The van der Waals surface area contributed by atoms with Crippen LogP contribution >= 0.6 is 0 Å². The van der Waals surface area contributed by atoms with Crippen molar-refractivity contribution in [3.05, 3.63) is 65.5 Å². The van der Waals surface area contributed by atoms with Crippen LogP contribution in [-0.2, 0) is 4.79 Å². The highest BCUT2D eigenvalue weighted by molar-refractivity contribution is 5.98. The Hall–Kier alpha value is -2.89. The molecule has 2 amide bonds. The number of carbonyl (C=O) groups excluding carboxylic acids is 2. The molecule has 0 aliphatic carbocycles. The van der Waals surface area contributed by atoms with Crippen molar-refractivity contribution in [1.29, 1.82) is 0 Å². The number of benzene rings is 2. The molecular formula is C16H15FN2O3. The van der Waals surface area contributed by atoms with Crippen molar-refractivity contribution in [2.24, 2.45) is 0 Å². The third-order valence-corrected chi connectivity index (χ3v) is 3.13. The van der Waals surface area contributed by atoms with Gasteiger partial charge in [-0.1, -0.05) is 30.3 Å². The van der Waals surface area contributed by atoms with Crippen LogP contribution in [0, 0.1) is 5.82 Å². The number of phenols is 1. The van der Waals surface area contributed by atoms with Crippen LogP contribution in [0.5, 0.6) is 5.75 Å². The van der Waals surface area contributed by atoms with E-state index in [9.17, 15) is 19.1 Å². The molecule has 0 aromatic heterocycles. The molecule has 3 N–H and O–H groups in total. The van der Waals surface area contributed by atoms with Crippen molar-refractivity contribution in [3.8, 4) is 5.75 Å². The van der Waals surface area contributed by atoms with Gasteiger partial charge in [-0.05, 0) is 23.8 Å². The number of hydrogen-bond donors (Lipinski definition) is 3. The van der Waals surface area contributed by atoms with Gasteiger partial charge in [0.25, 0.3) is 5.91 Å². The van der Waals surface area contributed by atoms with E-state index >= 15 is 0 Å². The number of phenolic OH excluding ortho intramolecular Hbond substituents is 1. The van der Waals surface area contributed by atoms with Crippen LogP contribution in [0.2, 0.25) is 0 Å². The molecule has 2 aromatic rings. The molecule has 0 saturated heterocycles. The van der Waals surface area contributed by atoms with Crippen LogP contribution in [0.25, 0.3) is 0 Å². The highest BCUT2D eigenvalue weighted by atomic mass is 19.1. The molecule has 0 bridgehead atoms. The Labute approximate surface area is 126 Å². The van der Waals surface area contributed by atoms with E-state index in [1.165, 1.54) is 13.1 Å². The molecular weight excluding hydrogens is 287 g/mol. The van der Waals surface area contributed by atoms with Crippen LogP contribution in [0.15, 0.2) is 48.5 Å². The lowest BCUT2D eigenvalue weighted by Gasteiger charge is -2.17. The molecule has 2 aromatic carbocycles. The van der Waals surface area contributed by atoms with Crippen LogP contribution in [0.4, 0.5) is 4.39 Å². The Kier molecular flexibility index (Phi) is 4.73. The molecule has 6 heteroatoms. The maximum atomic E-state index is 13.0. The summed E-state index contributed by atoms with van der Waals surface area (Å²) in [7, 11) is 1.47. The first kappa shape index (κ1) is 15.5. The summed E-state index contributed by atoms with van der Waals surface area (Å²) in [5, 5.41) is 14.4. The molecule has 0 radical (unpaired) electrons. The lowest BCUT2D eigenvalue weighted by atomic mass is 10.1. The number of halogens is 1. The van der Waals surface area contributed by atoms with E-state index in [-0.39, 0.29) is 11.5 Å². The van der Waals surface area contributed by atoms with Gasteiger partial charge in [-0.25, -0.2) is 4.39 Å². The monoisotopic (exact) mass is 302 g/mol. The minimum absolute atomic E-state index is 0.0590. The number of carbonyl (C=O) groups is 2. The van der Waals surface area contributed by atoms with Gasteiger partial charge in [-0.3, -0.25) is 9.59 Å². The Morgan fingerprint density at radius 3 is 2.41 bits per heavy atom. The molecule has 22 heavy (non-hydrogen) atoms. The fraction of sp³-hybridized carbons (Fsp3) is 0.125. The summed E-state index contributed by atoms with van der Waals surface area (Å²) in [6, 6.07) is 11.1. The number of hydrogen-bond acceptors (Lipinski definition) is 3. The summed E-state index contributed by atoms with van der Waals surface area (Å²) in [6.45, 7) is 0. The SMILES string of the molecule is CNC(=O)[C@H](NC(=O)c1ccc(F)c(O)c1)c1ccccc1. The number of aromatic hydroxyl groups is 1. The van der Waals surface area contributed by atoms with Gasteiger partial charge in [0, 0.05) is 12.6 Å². The Morgan fingerprint density at radius 2 is 1.82 bits per heavy atom. The van der Waals surface area contributed by atoms with Gasteiger partial charge >= 0.3 is 0 Å². The van der Waals surface area contributed by atoms with Crippen molar-refractivity contribution in [2.45, 2.75) is 6.04 Å². The van der Waals surface area contributed by atoms with Crippen LogP contribution in [-0.4, -0.2) is 24.0 Å². The van der Waals surface area contributed by atoms with Crippen LogP contribution < -0.4 is 10.6 Å². The first-order chi connectivity index (χ1) is 10.5. The fourth-order valence-electron chi connectivity index (χ4n) is 1.96. The Bertz CT molecular complexity index is 689. The summed E-state index contributed by atoms with van der Waals surface area (Å²) >= 11 is 0. The lowest BCUT2D eigenvalue weighted by Crippen LogP contribution is -2.39. The van der Waals surface area contributed by atoms with Gasteiger partial charge in [-0.15, -0.1) is 0 Å². The molecule has 0 aliphatic heterocycles. The van der Waals surface area contributed by atoms with E-state index < -0.39 is 23.5 Å². The van der Waals surface area contributed by atoms with Gasteiger partial charge in [0.1, 0.15) is 6.04 Å². The zero-order valence-electron chi connectivity index (χ0n) is 11.8. The van der Waals surface area contributed by atoms with Crippen molar-refractivity contribution in [3.63, 3.8) is 0 Å². The second-order valence-corrected chi connectivity index (χ2v) is 4.60. The number of likely N-dealkylation sites (N-methyl/N-ethyl adjacent to an activating group) is 1. The van der Waals surface area contributed by atoms with Gasteiger partial charge < -0.3 is 15.7 Å². The normalized spacial score (nSPS) is 11.5. The van der Waals surface area contributed by atoms with Crippen molar-refractivity contribution in [1.82, 2.24) is 10.6 Å². The average Bonchev–Trinajstić information content (AvgIpc) is 2.55. The molecule has 5 nitrogen and oxygen atoms in total. The van der Waals surface area contributed by atoms with E-state index in [4.69, 9.17) is 0 Å². The minimum Gasteiger partial charge on any atom is -0.505 e.